The minimum Gasteiger partial charge on any atom is -0.462 e. The van der Waals surface area contributed by atoms with Gasteiger partial charge in [0.15, 0.2) is 0 Å². The molecule has 0 spiro atoms. The van der Waals surface area contributed by atoms with Crippen molar-refractivity contribution in [2.75, 3.05) is 12.3 Å². The first-order valence-corrected chi connectivity index (χ1v) is 7.20. The summed E-state index contributed by atoms with van der Waals surface area (Å²) < 4.78 is 6.39. The van der Waals surface area contributed by atoms with Crippen molar-refractivity contribution in [3.8, 4) is 0 Å². The molecule has 0 fully saturated rings. The summed E-state index contributed by atoms with van der Waals surface area (Å²) in [6.07, 6.45) is 2.60. The van der Waals surface area contributed by atoms with Gasteiger partial charge in [-0.15, -0.1) is 0 Å². The molecule has 116 valence electrons. The lowest BCUT2D eigenvalue weighted by Gasteiger charge is -2.07. The number of carbonyl (C=O) groups excluding carboxylic acids is 1. The third-order valence-electron chi connectivity index (χ3n) is 3.02. The van der Waals surface area contributed by atoms with E-state index in [1.807, 2.05) is 6.07 Å². The standard InChI is InChI=1S/C15H16ClN3O3/c16-13-12(17)10-18-19(14(13)20)8-4-5-9-22-15(21)11-6-2-1-3-7-11/h1-3,6-7,10H,4-5,8-9,17H2. The number of nitrogens with two attached hydrogens (primary N) is 1. The van der Waals surface area contributed by atoms with Gasteiger partial charge >= 0.3 is 5.97 Å². The third-order valence-corrected chi connectivity index (χ3v) is 3.40. The molecule has 7 heteroatoms. The first-order valence-electron chi connectivity index (χ1n) is 6.83. The predicted octanol–water partition coefficient (Wildman–Crippen LogP) is 2.12. The Bertz CT molecular complexity index is 701. The van der Waals surface area contributed by atoms with E-state index in [2.05, 4.69) is 5.10 Å². The molecule has 0 atom stereocenters. The van der Waals surface area contributed by atoms with E-state index in [-0.39, 0.29) is 23.3 Å². The van der Waals surface area contributed by atoms with Gasteiger partial charge in [0.05, 0.1) is 24.1 Å². The number of ether oxygens (including phenoxy) is 1. The van der Waals surface area contributed by atoms with Gasteiger partial charge in [0.1, 0.15) is 5.02 Å². The Hall–Kier alpha value is -2.34. The van der Waals surface area contributed by atoms with Crippen LogP contribution in [0.3, 0.4) is 0 Å². The highest BCUT2D eigenvalue weighted by molar-refractivity contribution is 6.32. The lowest BCUT2D eigenvalue weighted by Crippen LogP contribution is -2.24. The van der Waals surface area contributed by atoms with E-state index in [4.69, 9.17) is 22.1 Å². The fourth-order valence-electron chi connectivity index (χ4n) is 1.82. The molecule has 2 N–H and O–H groups in total. The average molecular weight is 322 g/mol. The summed E-state index contributed by atoms with van der Waals surface area (Å²) in [6.45, 7) is 0.674. The number of aryl methyl sites for hydroxylation is 1. The maximum atomic E-state index is 11.7. The van der Waals surface area contributed by atoms with Gasteiger partial charge in [-0.25, -0.2) is 9.48 Å². The van der Waals surface area contributed by atoms with E-state index in [1.165, 1.54) is 10.9 Å². The molecule has 0 unspecified atom stereocenters. The average Bonchev–Trinajstić information content (AvgIpc) is 2.55. The Kier molecular flexibility index (Phi) is 5.55. The highest BCUT2D eigenvalue weighted by Gasteiger charge is 2.07. The molecule has 0 aliphatic carbocycles. The van der Waals surface area contributed by atoms with Crippen molar-refractivity contribution in [2.45, 2.75) is 19.4 Å². The van der Waals surface area contributed by atoms with Crippen molar-refractivity contribution in [3.63, 3.8) is 0 Å². The van der Waals surface area contributed by atoms with E-state index in [0.29, 0.717) is 24.9 Å². The van der Waals surface area contributed by atoms with Gasteiger partial charge in [0.2, 0.25) is 0 Å². The van der Waals surface area contributed by atoms with Crippen molar-refractivity contribution in [3.05, 3.63) is 57.5 Å². The summed E-state index contributed by atoms with van der Waals surface area (Å²) in [5, 5.41) is 3.88. The Morgan fingerprint density at radius 3 is 2.73 bits per heavy atom. The summed E-state index contributed by atoms with van der Waals surface area (Å²) in [4.78, 5) is 23.4. The Morgan fingerprint density at radius 2 is 2.00 bits per heavy atom. The largest absolute Gasteiger partial charge is 0.462 e. The van der Waals surface area contributed by atoms with E-state index < -0.39 is 5.56 Å². The second-order valence-corrected chi connectivity index (χ2v) is 5.03. The molecule has 0 radical (unpaired) electrons. The zero-order chi connectivity index (χ0) is 15.9. The van der Waals surface area contributed by atoms with Crippen LogP contribution in [0.4, 0.5) is 5.69 Å². The number of carbonyl (C=O) groups is 1. The van der Waals surface area contributed by atoms with Crippen LogP contribution in [0.15, 0.2) is 41.3 Å². The molecule has 1 heterocycles. The van der Waals surface area contributed by atoms with Gasteiger partial charge in [0.25, 0.3) is 5.56 Å². The van der Waals surface area contributed by atoms with Gasteiger partial charge in [0, 0.05) is 6.54 Å². The normalized spacial score (nSPS) is 10.4. The fourth-order valence-corrected chi connectivity index (χ4v) is 1.97. The summed E-state index contributed by atoms with van der Waals surface area (Å²) >= 11 is 5.76. The molecule has 2 aromatic rings. The number of halogens is 1. The number of hydrogen-bond acceptors (Lipinski definition) is 5. The monoisotopic (exact) mass is 321 g/mol. The predicted molar refractivity (Wildman–Crippen MR) is 83.9 cm³/mol. The zero-order valence-corrected chi connectivity index (χ0v) is 12.6. The fraction of sp³-hybridized carbons (Fsp3) is 0.267. The van der Waals surface area contributed by atoms with Gasteiger partial charge in [-0.3, -0.25) is 4.79 Å². The topological polar surface area (TPSA) is 87.2 Å². The molecule has 6 nitrogen and oxygen atoms in total. The smallest absolute Gasteiger partial charge is 0.338 e. The number of aromatic nitrogens is 2. The number of benzene rings is 1. The van der Waals surface area contributed by atoms with E-state index >= 15 is 0 Å². The Labute approximate surface area is 132 Å². The van der Waals surface area contributed by atoms with Crippen LogP contribution in [0, 0.1) is 0 Å². The summed E-state index contributed by atoms with van der Waals surface area (Å²) in [6, 6.07) is 8.78. The van der Waals surface area contributed by atoms with Crippen molar-refractivity contribution >= 4 is 23.3 Å². The van der Waals surface area contributed by atoms with Crippen LogP contribution < -0.4 is 11.3 Å². The summed E-state index contributed by atoms with van der Waals surface area (Å²) in [5.74, 6) is -0.355. The minimum absolute atomic E-state index is 0.0227. The highest BCUT2D eigenvalue weighted by Crippen LogP contribution is 2.10. The molecule has 0 aliphatic heterocycles. The van der Waals surface area contributed by atoms with Gasteiger partial charge in [-0.1, -0.05) is 29.8 Å². The maximum Gasteiger partial charge on any atom is 0.338 e. The SMILES string of the molecule is Nc1cnn(CCCCOC(=O)c2ccccc2)c(=O)c1Cl. The van der Waals surface area contributed by atoms with Gasteiger partial charge in [-0.05, 0) is 25.0 Å². The van der Waals surface area contributed by atoms with Crippen LogP contribution in [0.1, 0.15) is 23.2 Å². The molecule has 0 bridgehead atoms. The van der Waals surface area contributed by atoms with Crippen LogP contribution in [0.5, 0.6) is 0 Å². The summed E-state index contributed by atoms with van der Waals surface area (Å²) in [5.41, 5.74) is 5.76. The molecule has 0 aliphatic rings. The number of nitrogens with zero attached hydrogens (tertiary/aromatic N) is 2. The first-order chi connectivity index (χ1) is 10.6. The van der Waals surface area contributed by atoms with Crippen LogP contribution in [0.25, 0.3) is 0 Å². The van der Waals surface area contributed by atoms with Crippen LogP contribution >= 0.6 is 11.6 Å². The van der Waals surface area contributed by atoms with E-state index in [0.717, 1.165) is 0 Å². The number of rotatable bonds is 6. The molecule has 0 saturated carbocycles. The van der Waals surface area contributed by atoms with Crippen molar-refractivity contribution in [1.82, 2.24) is 9.78 Å². The lowest BCUT2D eigenvalue weighted by atomic mass is 10.2. The van der Waals surface area contributed by atoms with Crippen LogP contribution in [-0.4, -0.2) is 22.4 Å². The van der Waals surface area contributed by atoms with Gasteiger partial charge < -0.3 is 10.5 Å². The van der Waals surface area contributed by atoms with Gasteiger partial charge in [-0.2, -0.15) is 5.10 Å². The number of unbranched alkanes of at least 4 members (excludes halogenated alkanes) is 1. The number of anilines is 1. The second kappa shape index (κ2) is 7.61. The van der Waals surface area contributed by atoms with E-state index in [1.54, 1.807) is 24.3 Å². The maximum absolute atomic E-state index is 11.7. The Morgan fingerprint density at radius 1 is 1.27 bits per heavy atom. The molecular weight excluding hydrogens is 306 g/mol. The second-order valence-electron chi connectivity index (χ2n) is 4.65. The number of nitrogen functional groups attached to an aromatic ring is 1. The zero-order valence-electron chi connectivity index (χ0n) is 11.9. The molecule has 22 heavy (non-hydrogen) atoms. The van der Waals surface area contributed by atoms with Crippen molar-refractivity contribution in [2.24, 2.45) is 0 Å². The van der Waals surface area contributed by atoms with Crippen LogP contribution in [0.2, 0.25) is 5.02 Å². The van der Waals surface area contributed by atoms with Crippen molar-refractivity contribution in [1.29, 1.82) is 0 Å². The molecule has 1 aromatic heterocycles. The molecule has 0 saturated heterocycles. The van der Waals surface area contributed by atoms with Crippen molar-refractivity contribution < 1.29 is 9.53 Å². The van der Waals surface area contributed by atoms with Crippen LogP contribution in [-0.2, 0) is 11.3 Å². The number of esters is 1. The molecule has 0 amide bonds. The Balaban J connectivity index is 1.75. The first kappa shape index (κ1) is 16.0. The molecule has 1 aromatic carbocycles. The lowest BCUT2D eigenvalue weighted by molar-refractivity contribution is 0.0497. The molecule has 2 rings (SSSR count). The quantitative estimate of drug-likeness (QED) is 0.650. The third kappa shape index (κ3) is 4.08. The highest BCUT2D eigenvalue weighted by atomic mass is 35.5. The molecular formula is C15H16ClN3O3. The minimum atomic E-state index is -0.414. The summed E-state index contributed by atoms with van der Waals surface area (Å²) in [7, 11) is 0. The van der Waals surface area contributed by atoms with E-state index in [9.17, 15) is 9.59 Å². The number of hydrogen-bond donors (Lipinski definition) is 1.